The van der Waals surface area contributed by atoms with Gasteiger partial charge in [-0.15, -0.1) is 6.58 Å². The Hall–Kier alpha value is -3.94. The van der Waals surface area contributed by atoms with Crippen LogP contribution < -0.4 is 15.4 Å². The number of ether oxygens (including phenoxy) is 1. The Morgan fingerprint density at radius 2 is 1.90 bits per heavy atom. The molecule has 0 bridgehead atoms. The maximum atomic E-state index is 12.9. The van der Waals surface area contributed by atoms with Crippen molar-refractivity contribution in [1.82, 2.24) is 10.2 Å². The highest BCUT2D eigenvalue weighted by atomic mass is 19.1. The molecule has 148 valence electrons. The first-order chi connectivity index (χ1) is 14.0. The van der Waals surface area contributed by atoms with Crippen molar-refractivity contribution in [3.8, 4) is 5.75 Å². The number of carbonyl (C=O) groups excluding carboxylic acids is 3. The van der Waals surface area contributed by atoms with E-state index in [0.717, 1.165) is 4.90 Å². The second-order valence-corrected chi connectivity index (χ2v) is 6.07. The van der Waals surface area contributed by atoms with Crippen LogP contribution in [0.2, 0.25) is 0 Å². The highest BCUT2D eigenvalue weighted by Gasteiger charge is 2.32. The van der Waals surface area contributed by atoms with Crippen LogP contribution >= 0.6 is 0 Å². The number of anilines is 1. The average molecular weight is 395 g/mol. The van der Waals surface area contributed by atoms with Crippen LogP contribution in [0.25, 0.3) is 6.08 Å². The lowest BCUT2D eigenvalue weighted by molar-refractivity contribution is -0.122. The zero-order valence-electron chi connectivity index (χ0n) is 15.4. The molecule has 1 heterocycles. The first-order valence-corrected chi connectivity index (χ1v) is 8.70. The van der Waals surface area contributed by atoms with Crippen molar-refractivity contribution in [1.29, 1.82) is 0 Å². The third-order valence-electron chi connectivity index (χ3n) is 3.98. The Kier molecular flexibility index (Phi) is 6.03. The molecule has 1 fully saturated rings. The van der Waals surface area contributed by atoms with E-state index < -0.39 is 23.7 Å². The van der Waals surface area contributed by atoms with Crippen LogP contribution in [0.3, 0.4) is 0 Å². The lowest BCUT2D eigenvalue weighted by Crippen LogP contribution is -2.30. The van der Waals surface area contributed by atoms with Crippen LogP contribution in [0.5, 0.6) is 5.75 Å². The molecule has 4 amide bonds. The van der Waals surface area contributed by atoms with E-state index in [4.69, 9.17) is 4.74 Å². The van der Waals surface area contributed by atoms with E-state index >= 15 is 0 Å². The molecule has 1 aliphatic heterocycles. The number of nitrogens with zero attached hydrogens (tertiary/aromatic N) is 1. The first-order valence-electron chi connectivity index (χ1n) is 8.70. The van der Waals surface area contributed by atoms with Gasteiger partial charge >= 0.3 is 6.03 Å². The number of halogens is 1. The van der Waals surface area contributed by atoms with Crippen LogP contribution in [-0.2, 0) is 9.59 Å². The molecule has 3 rings (SSSR count). The number of urea groups is 1. The number of hydrogen-bond acceptors (Lipinski definition) is 4. The van der Waals surface area contributed by atoms with Crippen LogP contribution in [0.1, 0.15) is 5.56 Å². The molecule has 0 radical (unpaired) electrons. The molecule has 8 heteroatoms. The number of imide groups is 1. The lowest BCUT2D eigenvalue weighted by atomic mass is 10.1. The van der Waals surface area contributed by atoms with Crippen LogP contribution in [0, 0.1) is 5.82 Å². The maximum Gasteiger partial charge on any atom is 0.329 e. The minimum Gasteiger partial charge on any atom is -0.483 e. The number of carbonyl (C=O) groups is 3. The molecule has 0 unspecified atom stereocenters. The van der Waals surface area contributed by atoms with E-state index in [1.54, 1.807) is 24.3 Å². The molecule has 29 heavy (non-hydrogen) atoms. The molecule has 2 N–H and O–H groups in total. The molecule has 0 aromatic heterocycles. The van der Waals surface area contributed by atoms with Crippen molar-refractivity contribution in [2.24, 2.45) is 0 Å². The molecular formula is C21H18FN3O4. The van der Waals surface area contributed by atoms with Crippen molar-refractivity contribution in [3.63, 3.8) is 0 Å². The van der Waals surface area contributed by atoms with Gasteiger partial charge in [0.25, 0.3) is 11.8 Å². The molecule has 0 spiro atoms. The fourth-order valence-corrected chi connectivity index (χ4v) is 2.63. The Bertz CT molecular complexity index is 986. The molecule has 7 nitrogen and oxygen atoms in total. The van der Waals surface area contributed by atoms with Gasteiger partial charge in [-0.2, -0.15) is 0 Å². The Labute approximate surface area is 166 Å². The summed E-state index contributed by atoms with van der Waals surface area (Å²) in [5.41, 5.74) is 1.06. The summed E-state index contributed by atoms with van der Waals surface area (Å²) in [5.74, 6) is -0.944. The number of hydrogen-bond donors (Lipinski definition) is 2. The quantitative estimate of drug-likeness (QED) is 0.429. The van der Waals surface area contributed by atoms with E-state index in [9.17, 15) is 18.8 Å². The van der Waals surface area contributed by atoms with Gasteiger partial charge in [-0.05, 0) is 36.4 Å². The van der Waals surface area contributed by atoms with Gasteiger partial charge in [-0.25, -0.2) is 9.18 Å². The van der Waals surface area contributed by atoms with Crippen LogP contribution in [0.4, 0.5) is 14.9 Å². The zero-order chi connectivity index (χ0) is 20.8. The van der Waals surface area contributed by atoms with Crippen molar-refractivity contribution in [3.05, 3.63) is 78.3 Å². The SMILES string of the molecule is C=CCN1C(=O)NC(=Cc2ccccc2OCC(=O)Nc2ccc(F)cc2)C1=O. The fraction of sp³-hybridized carbons (Fsp3) is 0.0952. The van der Waals surface area contributed by atoms with E-state index in [1.807, 2.05) is 0 Å². The highest BCUT2D eigenvalue weighted by molar-refractivity contribution is 6.14. The summed E-state index contributed by atoms with van der Waals surface area (Å²) >= 11 is 0. The normalized spacial score (nSPS) is 14.7. The molecular weight excluding hydrogens is 377 g/mol. The van der Waals surface area contributed by atoms with E-state index in [-0.39, 0.29) is 18.8 Å². The van der Waals surface area contributed by atoms with Crippen molar-refractivity contribution < 1.29 is 23.5 Å². The number of benzene rings is 2. The van der Waals surface area contributed by atoms with Gasteiger partial charge in [0.2, 0.25) is 0 Å². The fourth-order valence-electron chi connectivity index (χ4n) is 2.63. The topological polar surface area (TPSA) is 87.7 Å². The van der Waals surface area contributed by atoms with Gasteiger partial charge in [-0.1, -0.05) is 24.3 Å². The Balaban J connectivity index is 1.68. The Morgan fingerprint density at radius 1 is 1.17 bits per heavy atom. The summed E-state index contributed by atoms with van der Waals surface area (Å²) in [6, 6.07) is 11.6. The third kappa shape index (κ3) is 4.86. The van der Waals surface area contributed by atoms with Crippen molar-refractivity contribution in [2.45, 2.75) is 0 Å². The molecule has 0 aliphatic carbocycles. The standard InChI is InChI=1S/C21H18FN3O4/c1-2-11-25-20(27)17(24-21(25)28)12-14-5-3-4-6-18(14)29-13-19(26)23-16-9-7-15(22)8-10-16/h2-10,12H,1,11,13H2,(H,23,26)(H,24,28). The Morgan fingerprint density at radius 3 is 2.62 bits per heavy atom. The first kappa shape index (κ1) is 19.8. The summed E-state index contributed by atoms with van der Waals surface area (Å²) in [6.45, 7) is 3.33. The van der Waals surface area contributed by atoms with E-state index in [2.05, 4.69) is 17.2 Å². The minimum atomic E-state index is -0.529. The maximum absolute atomic E-state index is 12.9. The number of nitrogens with one attached hydrogen (secondary N) is 2. The average Bonchev–Trinajstić information content (AvgIpc) is 2.97. The van der Waals surface area contributed by atoms with Crippen molar-refractivity contribution in [2.75, 3.05) is 18.5 Å². The summed E-state index contributed by atoms with van der Waals surface area (Å²) in [6.07, 6.45) is 2.94. The van der Waals surface area contributed by atoms with E-state index in [1.165, 1.54) is 36.4 Å². The number of para-hydroxylation sites is 1. The minimum absolute atomic E-state index is 0.101. The summed E-state index contributed by atoms with van der Waals surface area (Å²) in [5, 5.41) is 5.09. The monoisotopic (exact) mass is 395 g/mol. The largest absolute Gasteiger partial charge is 0.483 e. The van der Waals surface area contributed by atoms with Gasteiger partial charge in [0, 0.05) is 17.8 Å². The number of amides is 4. The van der Waals surface area contributed by atoms with Gasteiger partial charge in [0.05, 0.1) is 0 Å². The molecule has 2 aromatic carbocycles. The molecule has 0 saturated carbocycles. The second kappa shape index (κ2) is 8.83. The molecule has 1 saturated heterocycles. The second-order valence-electron chi connectivity index (χ2n) is 6.07. The van der Waals surface area contributed by atoms with Crippen LogP contribution in [-0.4, -0.2) is 35.9 Å². The lowest BCUT2D eigenvalue weighted by Gasteiger charge is -2.10. The molecule has 1 aliphatic rings. The van der Waals surface area contributed by atoms with E-state index in [0.29, 0.717) is 17.0 Å². The van der Waals surface area contributed by atoms with Gasteiger partial charge in [-0.3, -0.25) is 14.5 Å². The smallest absolute Gasteiger partial charge is 0.329 e. The predicted molar refractivity (Wildman–Crippen MR) is 105 cm³/mol. The van der Waals surface area contributed by atoms with Gasteiger partial charge in [0.1, 0.15) is 17.3 Å². The highest BCUT2D eigenvalue weighted by Crippen LogP contribution is 2.23. The van der Waals surface area contributed by atoms with Crippen LogP contribution in [0.15, 0.2) is 66.9 Å². The molecule has 2 aromatic rings. The number of rotatable bonds is 7. The third-order valence-corrected chi connectivity index (χ3v) is 3.98. The summed E-state index contributed by atoms with van der Waals surface area (Å²) < 4.78 is 18.5. The molecule has 0 atom stereocenters. The van der Waals surface area contributed by atoms with Gasteiger partial charge in [0.15, 0.2) is 6.61 Å². The zero-order valence-corrected chi connectivity index (χ0v) is 15.4. The summed E-state index contributed by atoms with van der Waals surface area (Å²) in [4.78, 5) is 37.3. The summed E-state index contributed by atoms with van der Waals surface area (Å²) in [7, 11) is 0. The van der Waals surface area contributed by atoms with Gasteiger partial charge < -0.3 is 15.4 Å². The van der Waals surface area contributed by atoms with Crippen molar-refractivity contribution >= 4 is 29.6 Å². The predicted octanol–water partition coefficient (Wildman–Crippen LogP) is 2.92.